The number of aliphatic carboxylic acids is 1. The van der Waals surface area contributed by atoms with Gasteiger partial charge in [0.05, 0.1) is 0 Å². The Morgan fingerprint density at radius 2 is 1.81 bits per heavy atom. The van der Waals surface area contributed by atoms with Crippen molar-refractivity contribution < 1.29 is 23.4 Å². The van der Waals surface area contributed by atoms with Crippen LogP contribution in [0.1, 0.15) is 5.56 Å². The van der Waals surface area contributed by atoms with Crippen LogP contribution in [-0.2, 0) is 10.3 Å². The van der Waals surface area contributed by atoms with Crippen LogP contribution in [0.2, 0.25) is 0 Å². The van der Waals surface area contributed by atoms with Crippen LogP contribution in [0, 0.1) is 11.6 Å². The van der Waals surface area contributed by atoms with E-state index in [1.807, 2.05) is 0 Å². The van der Waals surface area contributed by atoms with Crippen LogP contribution in [0.4, 0.5) is 8.78 Å². The average Bonchev–Trinajstić information content (AvgIpc) is 2.49. The number of carboxylic acids is 1. The van der Waals surface area contributed by atoms with Crippen molar-refractivity contribution in [1.82, 2.24) is 0 Å². The van der Waals surface area contributed by atoms with Crippen molar-refractivity contribution in [3.63, 3.8) is 0 Å². The van der Waals surface area contributed by atoms with E-state index in [1.165, 1.54) is 24.3 Å². The Bertz CT molecular complexity index is 649. The quantitative estimate of drug-likeness (QED) is 0.887. The van der Waals surface area contributed by atoms with Crippen molar-refractivity contribution in [3.05, 3.63) is 65.7 Å². The van der Waals surface area contributed by atoms with Crippen LogP contribution >= 0.6 is 0 Å². The molecule has 0 heterocycles. The molecule has 0 saturated carbocycles. The minimum Gasteiger partial charge on any atom is -0.487 e. The predicted octanol–water partition coefficient (Wildman–Crippen LogP) is 2.28. The molecule has 2 aromatic rings. The van der Waals surface area contributed by atoms with Gasteiger partial charge in [-0.1, -0.05) is 36.4 Å². The molecule has 2 aromatic carbocycles. The van der Waals surface area contributed by atoms with Gasteiger partial charge in [0.2, 0.25) is 5.82 Å². The molecule has 0 radical (unpaired) electrons. The molecule has 1 unspecified atom stereocenters. The molecule has 0 aliphatic rings. The Kier molecular flexibility index (Phi) is 4.18. The fourth-order valence-electron chi connectivity index (χ4n) is 1.79. The highest BCUT2D eigenvalue weighted by molar-refractivity contribution is 5.80. The molecule has 0 bridgehead atoms. The van der Waals surface area contributed by atoms with Gasteiger partial charge in [0.15, 0.2) is 17.1 Å². The van der Waals surface area contributed by atoms with E-state index in [0.717, 1.165) is 6.07 Å². The molecule has 2 rings (SSSR count). The lowest BCUT2D eigenvalue weighted by atomic mass is 9.92. The van der Waals surface area contributed by atoms with Crippen molar-refractivity contribution in [2.75, 3.05) is 6.61 Å². The van der Waals surface area contributed by atoms with E-state index in [0.29, 0.717) is 5.56 Å². The largest absolute Gasteiger partial charge is 0.487 e. The summed E-state index contributed by atoms with van der Waals surface area (Å²) in [5.74, 6) is -3.98. The molecular formula is C15H13F2NO3. The Morgan fingerprint density at radius 3 is 2.43 bits per heavy atom. The summed E-state index contributed by atoms with van der Waals surface area (Å²) in [5, 5.41) is 9.32. The zero-order valence-corrected chi connectivity index (χ0v) is 10.9. The summed E-state index contributed by atoms with van der Waals surface area (Å²) < 4.78 is 31.6. The fraction of sp³-hybridized carbons (Fsp3) is 0.133. The van der Waals surface area contributed by atoms with Gasteiger partial charge in [-0.05, 0) is 17.7 Å². The molecule has 4 nitrogen and oxygen atoms in total. The molecule has 21 heavy (non-hydrogen) atoms. The molecule has 0 saturated heterocycles. The summed E-state index contributed by atoms with van der Waals surface area (Å²) in [6.45, 7) is -0.535. The van der Waals surface area contributed by atoms with Crippen molar-refractivity contribution in [2.24, 2.45) is 5.73 Å². The van der Waals surface area contributed by atoms with Crippen molar-refractivity contribution in [2.45, 2.75) is 5.54 Å². The summed E-state index contributed by atoms with van der Waals surface area (Å²) in [7, 11) is 0. The van der Waals surface area contributed by atoms with E-state index in [9.17, 15) is 18.7 Å². The number of hydrogen-bond donors (Lipinski definition) is 2. The molecule has 0 amide bonds. The minimum absolute atomic E-state index is 0.300. The van der Waals surface area contributed by atoms with E-state index in [-0.39, 0.29) is 5.75 Å². The second kappa shape index (κ2) is 5.88. The summed E-state index contributed by atoms with van der Waals surface area (Å²) in [6.07, 6.45) is 0. The highest BCUT2D eigenvalue weighted by Gasteiger charge is 2.37. The van der Waals surface area contributed by atoms with Crippen LogP contribution in [0.25, 0.3) is 0 Å². The summed E-state index contributed by atoms with van der Waals surface area (Å²) >= 11 is 0. The topological polar surface area (TPSA) is 72.5 Å². The minimum atomic E-state index is -1.86. The average molecular weight is 293 g/mol. The van der Waals surface area contributed by atoms with Crippen LogP contribution in [0.5, 0.6) is 5.75 Å². The molecule has 0 aromatic heterocycles. The maximum Gasteiger partial charge on any atom is 0.331 e. The first-order valence-corrected chi connectivity index (χ1v) is 6.10. The van der Waals surface area contributed by atoms with Crippen molar-refractivity contribution in [3.8, 4) is 5.75 Å². The molecule has 110 valence electrons. The summed E-state index contributed by atoms with van der Waals surface area (Å²) in [4.78, 5) is 11.4. The molecule has 0 aliphatic heterocycles. The van der Waals surface area contributed by atoms with Crippen molar-refractivity contribution in [1.29, 1.82) is 0 Å². The number of carboxylic acid groups (broad SMARTS) is 1. The number of carbonyl (C=O) groups is 1. The van der Waals surface area contributed by atoms with Gasteiger partial charge in [-0.3, -0.25) is 0 Å². The Hall–Kier alpha value is -2.47. The number of ether oxygens (including phenoxy) is 1. The van der Waals surface area contributed by atoms with Gasteiger partial charge in [0, 0.05) is 0 Å². The summed E-state index contributed by atoms with van der Waals surface area (Å²) in [6, 6.07) is 11.4. The third kappa shape index (κ3) is 3.00. The van der Waals surface area contributed by atoms with Gasteiger partial charge in [-0.25, -0.2) is 9.18 Å². The number of halogens is 2. The first kappa shape index (κ1) is 14.9. The van der Waals surface area contributed by atoms with E-state index in [2.05, 4.69) is 0 Å². The number of rotatable bonds is 5. The molecule has 6 heteroatoms. The zero-order chi connectivity index (χ0) is 15.5. The first-order chi connectivity index (χ1) is 9.95. The van der Waals surface area contributed by atoms with E-state index < -0.39 is 29.7 Å². The number of nitrogens with two attached hydrogens (primary N) is 1. The first-order valence-electron chi connectivity index (χ1n) is 6.10. The second-order valence-corrected chi connectivity index (χ2v) is 4.48. The Labute approximate surface area is 119 Å². The van der Waals surface area contributed by atoms with Gasteiger partial charge in [0.1, 0.15) is 6.61 Å². The van der Waals surface area contributed by atoms with Crippen molar-refractivity contribution >= 4 is 5.97 Å². The van der Waals surface area contributed by atoms with E-state index in [4.69, 9.17) is 10.5 Å². The normalized spacial score (nSPS) is 13.5. The van der Waals surface area contributed by atoms with Gasteiger partial charge in [0.25, 0.3) is 0 Å². The third-order valence-electron chi connectivity index (χ3n) is 3.04. The zero-order valence-electron chi connectivity index (χ0n) is 10.9. The maximum absolute atomic E-state index is 13.5. The molecule has 0 fully saturated rings. The van der Waals surface area contributed by atoms with E-state index >= 15 is 0 Å². The van der Waals surface area contributed by atoms with Gasteiger partial charge >= 0.3 is 5.97 Å². The number of benzene rings is 2. The molecule has 0 aliphatic carbocycles. The molecular weight excluding hydrogens is 280 g/mol. The molecule has 0 spiro atoms. The SMILES string of the molecule is NC(COc1cccc(F)c1F)(C(=O)O)c1ccccc1. The highest BCUT2D eigenvalue weighted by atomic mass is 19.2. The van der Waals surface area contributed by atoms with E-state index in [1.54, 1.807) is 18.2 Å². The third-order valence-corrected chi connectivity index (χ3v) is 3.04. The lowest BCUT2D eigenvalue weighted by Crippen LogP contribution is -2.49. The highest BCUT2D eigenvalue weighted by Crippen LogP contribution is 2.24. The maximum atomic E-state index is 13.5. The smallest absolute Gasteiger partial charge is 0.331 e. The van der Waals surface area contributed by atoms with Crippen LogP contribution in [-0.4, -0.2) is 17.7 Å². The van der Waals surface area contributed by atoms with Crippen LogP contribution in [0.3, 0.4) is 0 Å². The Morgan fingerprint density at radius 1 is 1.14 bits per heavy atom. The Balaban J connectivity index is 2.26. The van der Waals surface area contributed by atoms with Gasteiger partial charge in [-0.15, -0.1) is 0 Å². The van der Waals surface area contributed by atoms with Crippen LogP contribution in [0.15, 0.2) is 48.5 Å². The predicted molar refractivity (Wildman–Crippen MR) is 71.8 cm³/mol. The monoisotopic (exact) mass is 293 g/mol. The fourth-order valence-corrected chi connectivity index (χ4v) is 1.79. The lowest BCUT2D eigenvalue weighted by molar-refractivity contribution is -0.145. The van der Waals surface area contributed by atoms with Gasteiger partial charge < -0.3 is 15.6 Å². The van der Waals surface area contributed by atoms with Crippen LogP contribution < -0.4 is 10.5 Å². The number of hydrogen-bond acceptors (Lipinski definition) is 3. The van der Waals surface area contributed by atoms with Gasteiger partial charge in [-0.2, -0.15) is 4.39 Å². The lowest BCUT2D eigenvalue weighted by Gasteiger charge is -2.25. The second-order valence-electron chi connectivity index (χ2n) is 4.48. The standard InChI is InChI=1S/C15H13F2NO3/c16-11-7-4-8-12(13(11)17)21-9-15(18,14(19)20)10-5-2-1-3-6-10/h1-8H,9,18H2,(H,19,20). The summed E-state index contributed by atoms with van der Waals surface area (Å²) in [5.41, 5.74) is 4.30. The molecule has 3 N–H and O–H groups in total. The molecule has 1 atom stereocenters.